The Morgan fingerprint density at radius 2 is 0.899 bits per heavy atom. The van der Waals surface area contributed by atoms with Gasteiger partial charge >= 0.3 is 12.2 Å². The van der Waals surface area contributed by atoms with Gasteiger partial charge in [0.05, 0.1) is 94.7 Å². The molecule has 6 atom stereocenters. The number of nitrogens with zero attached hydrogens (tertiary/aromatic N) is 15. The average Bonchev–Trinajstić information content (AvgIpc) is 1.74. The minimum absolute atomic E-state index is 0.0720. The molecule has 0 aromatic carbocycles. The highest BCUT2D eigenvalue weighted by Gasteiger charge is 2.39. The highest BCUT2D eigenvalue weighted by Crippen LogP contribution is 2.33. The van der Waals surface area contributed by atoms with Gasteiger partial charge in [0.25, 0.3) is 17.7 Å². The molecule has 0 spiro atoms. The van der Waals surface area contributed by atoms with Crippen molar-refractivity contribution in [3.63, 3.8) is 0 Å². The van der Waals surface area contributed by atoms with E-state index in [1.165, 1.54) is 18.6 Å². The van der Waals surface area contributed by atoms with Crippen LogP contribution >= 0.6 is 15.9 Å². The van der Waals surface area contributed by atoms with E-state index in [-0.39, 0.29) is 53.3 Å². The van der Waals surface area contributed by atoms with E-state index < -0.39 is 28.9 Å². The van der Waals surface area contributed by atoms with Crippen molar-refractivity contribution in [2.75, 3.05) is 55.2 Å². The number of anilines is 3. The molecule has 0 unspecified atom stereocenters. The summed E-state index contributed by atoms with van der Waals surface area (Å²) in [5.41, 5.74) is 23.0. The summed E-state index contributed by atoms with van der Waals surface area (Å²) < 4.78 is 20.2. The lowest BCUT2D eigenvalue weighted by atomic mass is 10.0. The first-order valence-electron chi connectivity index (χ1n) is 30.0. The number of rotatable bonds is 16. The Labute approximate surface area is 523 Å². The number of hydrogen-bond donors (Lipinski definition) is 7. The topological polar surface area (TPSA) is 363 Å². The third-order valence-corrected chi connectivity index (χ3v) is 16.2. The maximum absolute atomic E-state index is 12.7. The Kier molecular flexibility index (Phi) is 19.4. The summed E-state index contributed by atoms with van der Waals surface area (Å²) in [5.74, 6) is -0.868. The lowest BCUT2D eigenvalue weighted by Gasteiger charge is -2.24. The molecule has 11 rings (SSSR count). The molecule has 8 aromatic rings. The number of nitrogens with one attached hydrogen (secondary N) is 4. The van der Waals surface area contributed by atoms with Crippen LogP contribution in [0.15, 0.2) is 66.6 Å². The number of primary amides is 3. The van der Waals surface area contributed by atoms with Crippen LogP contribution in [0.5, 0.6) is 0 Å². The van der Waals surface area contributed by atoms with Gasteiger partial charge in [0.15, 0.2) is 16.9 Å². The molecule has 29 nitrogen and oxygen atoms in total. The average molecular weight is 1290 g/mol. The molecule has 3 aliphatic heterocycles. The molecule has 0 aliphatic carbocycles. The van der Waals surface area contributed by atoms with Crippen molar-refractivity contribution in [2.45, 2.75) is 138 Å². The molecule has 476 valence electrons. The summed E-state index contributed by atoms with van der Waals surface area (Å²) in [6, 6.07) is 0.0318. The van der Waals surface area contributed by atoms with Crippen LogP contribution in [-0.2, 0) is 22.6 Å². The predicted octanol–water partition coefficient (Wildman–Crippen LogP) is 6.54. The Balaban J connectivity index is 0.000000160. The van der Waals surface area contributed by atoms with Gasteiger partial charge in [-0.1, -0.05) is 27.2 Å². The number of aromatic nitrogens is 13. The molecule has 3 fully saturated rings. The highest BCUT2D eigenvalue weighted by molar-refractivity contribution is 9.10. The summed E-state index contributed by atoms with van der Waals surface area (Å²) in [5, 5.41) is 35.2. The molecule has 89 heavy (non-hydrogen) atoms. The van der Waals surface area contributed by atoms with Crippen LogP contribution in [0, 0.1) is 17.8 Å². The molecule has 10 N–H and O–H groups in total. The first kappa shape index (κ1) is 64.5. The number of likely N-dealkylation sites (tertiary alicyclic amines) is 2. The summed E-state index contributed by atoms with van der Waals surface area (Å²) >= 11 is 3.33. The van der Waals surface area contributed by atoms with E-state index in [1.54, 1.807) is 48.1 Å². The molecule has 30 heteroatoms. The number of carbonyl (C=O) groups excluding carboxylic acids is 5. The number of hydrogen-bond acceptors (Lipinski definition) is 19. The van der Waals surface area contributed by atoms with Crippen molar-refractivity contribution in [3.8, 4) is 22.5 Å². The molecule has 11 heterocycles. The smallest absolute Gasteiger partial charge is 0.410 e. The second kappa shape index (κ2) is 26.8. The monoisotopic (exact) mass is 1290 g/mol. The van der Waals surface area contributed by atoms with Gasteiger partial charge in [-0.15, -0.1) is 0 Å². The first-order chi connectivity index (χ1) is 42.3. The van der Waals surface area contributed by atoms with Crippen molar-refractivity contribution >= 4 is 79.8 Å². The fourth-order valence-electron chi connectivity index (χ4n) is 11.1. The summed E-state index contributed by atoms with van der Waals surface area (Å²) in [7, 11) is 0. The molecular weight excluding hydrogens is 1210 g/mol. The van der Waals surface area contributed by atoms with E-state index in [0.29, 0.717) is 82.0 Å². The molecule has 0 bridgehead atoms. The van der Waals surface area contributed by atoms with E-state index in [0.717, 1.165) is 62.3 Å². The Bertz CT molecular complexity index is 3870. The molecular formula is C59H81BrN22O7. The molecule has 0 radical (unpaired) electrons. The molecule has 3 aliphatic rings. The largest absolute Gasteiger partial charge is 0.444 e. The zero-order valence-electron chi connectivity index (χ0n) is 52.2. The zero-order valence-corrected chi connectivity index (χ0v) is 53.8. The second-order valence-electron chi connectivity index (χ2n) is 24.4. The fraction of sp³-hybridized carbons (Fsp3) is 0.508. The molecule has 8 aromatic heterocycles. The maximum Gasteiger partial charge on any atom is 0.410 e. The molecule has 0 saturated carbocycles. The SMILES string of the molecule is CC[C@H]1CN(C(=O)OC(C)(C)C)C[C@H]1Nc1c(C(N)=O)cnn2cc(-c3cnn(CC)c3)nc12.CC[C@H]1CN(C(=O)OC(C)(C)C)C[C@H]1Nc1c(C(N)=O)cnn2cc(Br)nc12.CC[C@H]1CNC[C@H]1Nc1c(C(N)=O)cnn2cc(-c3cnn(CC)c3)nc12. The van der Waals surface area contributed by atoms with Crippen molar-refractivity contribution < 1.29 is 33.4 Å². The summed E-state index contributed by atoms with van der Waals surface area (Å²) in [6.07, 6.45) is 19.2. The number of fused-ring (bicyclic) bond motifs is 3. The third kappa shape index (κ3) is 14.8. The minimum Gasteiger partial charge on any atom is -0.444 e. The van der Waals surface area contributed by atoms with E-state index in [4.69, 9.17) is 36.6 Å². The predicted molar refractivity (Wildman–Crippen MR) is 338 cm³/mol. The number of aryl methyl sites for hydroxylation is 2. The van der Waals surface area contributed by atoms with Gasteiger partial charge in [-0.2, -0.15) is 25.5 Å². The number of halogens is 1. The lowest BCUT2D eigenvalue weighted by molar-refractivity contribution is 0.0276. The Morgan fingerprint density at radius 1 is 0.517 bits per heavy atom. The standard InChI is InChI=1S/C23H32N8O3.C18H25BrN6O3.C18H24N8O/c1-6-14-10-29(22(33)34-23(3,4)5)12-17(14)27-19-16(20(24)32)9-26-31-13-18(28-21(19)31)15-8-25-30(7-2)11-15;1-5-10-7-24(17(27)28-18(2,3)4)8-12(10)22-14-11(15(20)26)6-21-25-9-13(19)23-16(14)25;1-3-11-5-20-8-14(11)23-16-13(17(19)27)7-22-26-10-15(24-18(16)26)12-6-21-25(4-2)9-12/h8-9,11,13-14,17,27H,6-7,10,12H2,1-5H3,(H2,24,32);6,9-10,12,22H,5,7-8H2,1-4H3,(H2,20,26);6-7,9-11,14,20,23H,3-5,8H2,1-2H3,(H2,19,27)/t14-,17+;10-,12+;11-,14+/m000/s1. The Morgan fingerprint density at radius 3 is 1.26 bits per heavy atom. The number of imidazole rings is 3. The van der Waals surface area contributed by atoms with Crippen LogP contribution in [0.25, 0.3) is 39.5 Å². The van der Waals surface area contributed by atoms with Gasteiger partial charge in [-0.25, -0.2) is 38.1 Å². The van der Waals surface area contributed by atoms with Crippen LogP contribution < -0.4 is 38.5 Å². The molecule has 5 amide bonds. The van der Waals surface area contributed by atoms with E-state index in [9.17, 15) is 24.0 Å². The van der Waals surface area contributed by atoms with E-state index in [1.807, 2.05) is 83.3 Å². The van der Waals surface area contributed by atoms with Crippen molar-refractivity contribution in [2.24, 2.45) is 35.0 Å². The zero-order chi connectivity index (χ0) is 64.2. The highest BCUT2D eigenvalue weighted by atomic mass is 79.9. The third-order valence-electron chi connectivity index (χ3n) is 15.8. The Hall–Kier alpha value is -8.93. The van der Waals surface area contributed by atoms with Crippen molar-refractivity contribution in [3.05, 3.63) is 83.3 Å². The lowest BCUT2D eigenvalue weighted by Crippen LogP contribution is -2.36. The quantitative estimate of drug-likeness (QED) is 0.0540. The first-order valence-corrected chi connectivity index (χ1v) is 30.8. The summed E-state index contributed by atoms with van der Waals surface area (Å²) in [4.78, 5) is 78.6. The number of amides is 5. The maximum atomic E-state index is 12.7. The van der Waals surface area contributed by atoms with E-state index in [2.05, 4.69) is 88.4 Å². The van der Waals surface area contributed by atoms with Gasteiger partial charge < -0.3 is 57.7 Å². The van der Waals surface area contributed by atoms with Gasteiger partial charge in [-0.05, 0) is 102 Å². The van der Waals surface area contributed by atoms with Crippen molar-refractivity contribution in [1.29, 1.82) is 0 Å². The van der Waals surface area contributed by atoms with Crippen LogP contribution in [0.4, 0.5) is 26.7 Å². The van der Waals surface area contributed by atoms with Crippen LogP contribution in [0.3, 0.4) is 0 Å². The van der Waals surface area contributed by atoms with Gasteiger partial charge in [0.1, 0.15) is 15.8 Å². The minimum atomic E-state index is -0.601. The second-order valence-corrected chi connectivity index (χ2v) is 25.2. The molecule has 3 saturated heterocycles. The number of ether oxygens (including phenoxy) is 2. The normalized spacial score (nSPS) is 19.2. The van der Waals surface area contributed by atoms with Crippen molar-refractivity contribution in [1.82, 2.24) is 78.5 Å². The summed E-state index contributed by atoms with van der Waals surface area (Å²) in [6.45, 7) is 26.8. The number of carbonyl (C=O) groups is 5. The van der Waals surface area contributed by atoms with E-state index >= 15 is 0 Å². The van der Waals surface area contributed by atoms with Gasteiger partial charge in [0, 0.05) is 94.0 Å². The van der Waals surface area contributed by atoms with Gasteiger partial charge in [-0.3, -0.25) is 23.7 Å². The van der Waals surface area contributed by atoms with Crippen LogP contribution in [-0.4, -0.2) is 172 Å². The van der Waals surface area contributed by atoms with Crippen LogP contribution in [0.1, 0.15) is 126 Å². The fourth-order valence-corrected chi connectivity index (χ4v) is 11.5. The van der Waals surface area contributed by atoms with Crippen LogP contribution in [0.2, 0.25) is 0 Å². The number of nitrogens with two attached hydrogens (primary N) is 3. The van der Waals surface area contributed by atoms with Gasteiger partial charge in [0.2, 0.25) is 0 Å².